The van der Waals surface area contributed by atoms with Gasteiger partial charge >= 0.3 is 17.9 Å². The SMILES string of the molecule is Cl.Cl.O=C(O)c1ccc(C2(c3ccc(C(=O)O)cc3)OC(=O)c3ccccc32)cc1. The van der Waals surface area contributed by atoms with Crippen molar-refractivity contribution in [2.24, 2.45) is 0 Å². The summed E-state index contributed by atoms with van der Waals surface area (Å²) in [4.78, 5) is 35.0. The third-order valence-corrected chi connectivity index (χ3v) is 4.85. The third kappa shape index (κ3) is 3.51. The molecule has 6 nitrogen and oxygen atoms in total. The second kappa shape index (κ2) is 8.57. The van der Waals surface area contributed by atoms with Gasteiger partial charge in [0, 0.05) is 16.7 Å². The van der Waals surface area contributed by atoms with Gasteiger partial charge in [-0.3, -0.25) is 0 Å². The number of carbonyl (C=O) groups excluding carboxylic acids is 1. The van der Waals surface area contributed by atoms with Crippen molar-refractivity contribution in [1.29, 1.82) is 0 Å². The minimum atomic E-state index is -1.29. The molecule has 2 N–H and O–H groups in total. The summed E-state index contributed by atoms with van der Waals surface area (Å²) in [5, 5.41) is 18.3. The summed E-state index contributed by atoms with van der Waals surface area (Å²) in [7, 11) is 0. The Kier molecular flexibility index (Phi) is 6.55. The largest absolute Gasteiger partial charge is 0.478 e. The molecule has 0 bridgehead atoms. The molecule has 3 aromatic rings. The lowest BCUT2D eigenvalue weighted by atomic mass is 9.79. The Morgan fingerprint density at radius 3 is 1.57 bits per heavy atom. The number of cyclic esters (lactones) is 1. The maximum Gasteiger partial charge on any atom is 0.340 e. The first-order valence-electron chi connectivity index (χ1n) is 8.44. The highest BCUT2D eigenvalue weighted by atomic mass is 35.5. The van der Waals surface area contributed by atoms with E-state index in [-0.39, 0.29) is 35.9 Å². The molecular formula is C22H16Cl2O6. The van der Waals surface area contributed by atoms with Gasteiger partial charge < -0.3 is 14.9 Å². The fourth-order valence-corrected chi connectivity index (χ4v) is 3.51. The van der Waals surface area contributed by atoms with Crippen molar-refractivity contribution in [2.45, 2.75) is 5.60 Å². The van der Waals surface area contributed by atoms with E-state index in [2.05, 4.69) is 0 Å². The topological polar surface area (TPSA) is 101 Å². The van der Waals surface area contributed by atoms with E-state index in [1.165, 1.54) is 24.3 Å². The van der Waals surface area contributed by atoms with Crippen LogP contribution in [0, 0.1) is 0 Å². The maximum atomic E-state index is 12.6. The summed E-state index contributed by atoms with van der Waals surface area (Å²) in [6.07, 6.45) is 0. The molecule has 1 aliphatic rings. The van der Waals surface area contributed by atoms with Gasteiger partial charge in [0.15, 0.2) is 5.60 Å². The zero-order chi connectivity index (χ0) is 19.9. The van der Waals surface area contributed by atoms with E-state index in [9.17, 15) is 14.4 Å². The number of rotatable bonds is 4. The molecule has 0 aliphatic carbocycles. The molecule has 0 unspecified atom stereocenters. The summed E-state index contributed by atoms with van der Waals surface area (Å²) >= 11 is 0. The van der Waals surface area contributed by atoms with Crippen molar-refractivity contribution in [3.8, 4) is 0 Å². The third-order valence-electron chi connectivity index (χ3n) is 4.85. The highest BCUT2D eigenvalue weighted by molar-refractivity contribution is 5.96. The smallest absolute Gasteiger partial charge is 0.340 e. The predicted molar refractivity (Wildman–Crippen MR) is 113 cm³/mol. The molecule has 8 heteroatoms. The minimum absolute atomic E-state index is 0. The van der Waals surface area contributed by atoms with Crippen LogP contribution in [0.5, 0.6) is 0 Å². The van der Waals surface area contributed by atoms with Crippen molar-refractivity contribution in [2.75, 3.05) is 0 Å². The molecule has 1 aliphatic heterocycles. The highest BCUT2D eigenvalue weighted by Gasteiger charge is 2.48. The molecule has 0 saturated heterocycles. The van der Waals surface area contributed by atoms with Crippen LogP contribution in [-0.4, -0.2) is 28.1 Å². The molecule has 30 heavy (non-hydrogen) atoms. The standard InChI is InChI=1S/C22H14O6.2ClH/c23-19(24)13-5-9-15(10-6-13)22(16-11-7-14(8-12-16)20(25)26)18-4-2-1-3-17(18)21(27)28-22;;/h1-12H,(H,23,24)(H,25,26);2*1H. The molecule has 3 aromatic carbocycles. The average molecular weight is 447 g/mol. The fourth-order valence-electron chi connectivity index (χ4n) is 3.51. The number of fused-ring (bicyclic) bond motifs is 1. The summed E-state index contributed by atoms with van der Waals surface area (Å²) in [5.74, 6) is -2.62. The normalized spacial score (nSPS) is 13.3. The van der Waals surface area contributed by atoms with E-state index in [0.717, 1.165) is 0 Å². The van der Waals surface area contributed by atoms with E-state index in [1.807, 2.05) is 0 Å². The second-order valence-corrected chi connectivity index (χ2v) is 6.38. The molecular weight excluding hydrogens is 431 g/mol. The van der Waals surface area contributed by atoms with Crippen LogP contribution in [-0.2, 0) is 10.3 Å². The van der Waals surface area contributed by atoms with Crippen molar-refractivity contribution in [3.05, 3.63) is 106 Å². The Morgan fingerprint density at radius 1 is 0.700 bits per heavy atom. The van der Waals surface area contributed by atoms with Crippen molar-refractivity contribution >= 4 is 42.7 Å². The summed E-state index contributed by atoms with van der Waals surface area (Å²) < 4.78 is 5.86. The molecule has 0 aromatic heterocycles. The molecule has 0 atom stereocenters. The first-order valence-corrected chi connectivity index (χ1v) is 8.44. The van der Waals surface area contributed by atoms with E-state index in [4.69, 9.17) is 14.9 Å². The Morgan fingerprint density at radius 2 is 1.13 bits per heavy atom. The van der Waals surface area contributed by atoms with Crippen LogP contribution in [0.3, 0.4) is 0 Å². The zero-order valence-electron chi connectivity index (χ0n) is 15.3. The Hall–Kier alpha value is -3.35. The number of carboxylic acid groups (broad SMARTS) is 2. The van der Waals surface area contributed by atoms with Crippen LogP contribution in [0.2, 0.25) is 0 Å². The predicted octanol–water partition coefficient (Wildman–Crippen LogP) is 4.39. The Bertz CT molecular complexity index is 1050. The van der Waals surface area contributed by atoms with Gasteiger partial charge in [0.05, 0.1) is 16.7 Å². The fraction of sp³-hybridized carbons (Fsp3) is 0.0455. The van der Waals surface area contributed by atoms with Gasteiger partial charge in [-0.25, -0.2) is 14.4 Å². The van der Waals surface area contributed by atoms with E-state index >= 15 is 0 Å². The molecule has 154 valence electrons. The van der Waals surface area contributed by atoms with Gasteiger partial charge in [-0.1, -0.05) is 42.5 Å². The van der Waals surface area contributed by atoms with E-state index < -0.39 is 23.5 Å². The molecule has 0 fully saturated rings. The van der Waals surface area contributed by atoms with E-state index in [1.54, 1.807) is 48.5 Å². The maximum absolute atomic E-state index is 12.6. The van der Waals surface area contributed by atoms with Gasteiger partial charge in [-0.15, -0.1) is 24.8 Å². The van der Waals surface area contributed by atoms with Crippen LogP contribution in [0.4, 0.5) is 0 Å². The van der Waals surface area contributed by atoms with Gasteiger partial charge in [-0.2, -0.15) is 0 Å². The van der Waals surface area contributed by atoms with Gasteiger partial charge in [0.25, 0.3) is 0 Å². The van der Waals surface area contributed by atoms with Crippen LogP contribution in [0.1, 0.15) is 47.8 Å². The van der Waals surface area contributed by atoms with Crippen LogP contribution in [0.15, 0.2) is 72.8 Å². The quantitative estimate of drug-likeness (QED) is 0.576. The Balaban J connectivity index is 0.00000160. The lowest BCUT2D eigenvalue weighted by molar-refractivity contribution is 0.0250. The monoisotopic (exact) mass is 446 g/mol. The molecule has 0 spiro atoms. The molecule has 1 heterocycles. The lowest BCUT2D eigenvalue weighted by Gasteiger charge is -2.30. The summed E-state index contributed by atoms with van der Waals surface area (Å²) in [6.45, 7) is 0. The zero-order valence-corrected chi connectivity index (χ0v) is 16.9. The van der Waals surface area contributed by atoms with Crippen molar-refractivity contribution < 1.29 is 29.3 Å². The number of ether oxygens (including phenoxy) is 1. The summed E-state index contributed by atoms with van der Waals surface area (Å²) in [5.41, 5.74) is 1.09. The van der Waals surface area contributed by atoms with Gasteiger partial charge in [0.1, 0.15) is 0 Å². The number of carboxylic acids is 2. The first kappa shape index (κ1) is 22.9. The minimum Gasteiger partial charge on any atom is -0.478 e. The number of benzene rings is 3. The molecule has 0 amide bonds. The molecule has 0 radical (unpaired) electrons. The van der Waals surface area contributed by atoms with Gasteiger partial charge in [-0.05, 0) is 30.3 Å². The highest BCUT2D eigenvalue weighted by Crippen LogP contribution is 2.46. The first-order chi connectivity index (χ1) is 13.4. The lowest BCUT2D eigenvalue weighted by Crippen LogP contribution is -2.29. The number of carbonyl (C=O) groups is 3. The summed E-state index contributed by atoms with van der Waals surface area (Å²) in [6, 6.07) is 19.1. The van der Waals surface area contributed by atoms with E-state index in [0.29, 0.717) is 22.3 Å². The van der Waals surface area contributed by atoms with Gasteiger partial charge in [0.2, 0.25) is 0 Å². The number of hydrogen-bond donors (Lipinski definition) is 2. The average Bonchev–Trinajstić information content (AvgIpc) is 3.02. The van der Waals surface area contributed by atoms with Crippen LogP contribution >= 0.6 is 24.8 Å². The number of esters is 1. The second-order valence-electron chi connectivity index (χ2n) is 6.38. The molecule has 0 saturated carbocycles. The van der Waals surface area contributed by atoms with Crippen LogP contribution in [0.25, 0.3) is 0 Å². The van der Waals surface area contributed by atoms with Crippen LogP contribution < -0.4 is 0 Å². The number of hydrogen-bond acceptors (Lipinski definition) is 4. The Labute approximate surface area is 183 Å². The van der Waals surface area contributed by atoms with Crippen molar-refractivity contribution in [1.82, 2.24) is 0 Å². The number of halogens is 2. The molecule has 4 rings (SSSR count). The number of aromatic carboxylic acids is 2. The van der Waals surface area contributed by atoms with Crippen molar-refractivity contribution in [3.63, 3.8) is 0 Å².